The summed E-state index contributed by atoms with van der Waals surface area (Å²) < 4.78 is 5.50. The summed E-state index contributed by atoms with van der Waals surface area (Å²) in [6.07, 6.45) is 5.79. The van der Waals surface area contributed by atoms with E-state index in [1.54, 1.807) is 6.20 Å². The number of hydrogen-bond acceptors (Lipinski definition) is 4. The number of rotatable bonds is 0. The van der Waals surface area contributed by atoms with E-state index in [2.05, 4.69) is 14.8 Å². The van der Waals surface area contributed by atoms with Crippen LogP contribution in [0.2, 0.25) is 0 Å². The zero-order valence-electron chi connectivity index (χ0n) is 7.79. The fourth-order valence-corrected chi connectivity index (χ4v) is 1.71. The largest absolute Gasteiger partial charge is 0.556 e. The van der Waals surface area contributed by atoms with Gasteiger partial charge in [-0.3, -0.25) is 0 Å². The Morgan fingerprint density at radius 1 is 1.50 bits per heavy atom. The summed E-state index contributed by atoms with van der Waals surface area (Å²) in [5.74, 6) is 1.68. The fraction of sp³-hybridized carbons (Fsp3) is 0.222. The van der Waals surface area contributed by atoms with Crippen LogP contribution in [0.15, 0.2) is 30.7 Å². The van der Waals surface area contributed by atoms with E-state index in [0.29, 0.717) is 0 Å². The molecule has 1 atom stereocenters. The van der Waals surface area contributed by atoms with E-state index in [1.807, 2.05) is 39.1 Å². The first-order valence-corrected chi connectivity index (χ1v) is 4.50. The first kappa shape index (κ1) is 7.73. The van der Waals surface area contributed by atoms with Gasteiger partial charge in [0.2, 0.25) is 0 Å². The smallest absolute Gasteiger partial charge is 0.417 e. The first-order chi connectivity index (χ1) is 6.86. The molecule has 69 valence electrons. The van der Waals surface area contributed by atoms with Gasteiger partial charge in [0, 0.05) is 25.6 Å². The average molecular weight is 186 g/mol. The molecule has 1 aromatic heterocycles. The predicted molar refractivity (Wildman–Crippen MR) is 53.8 cm³/mol. The first-order valence-electron chi connectivity index (χ1n) is 4.50. The van der Waals surface area contributed by atoms with Gasteiger partial charge in [-0.2, -0.15) is 0 Å². The lowest BCUT2D eigenvalue weighted by molar-refractivity contribution is 0.402. The predicted octanol–water partition coefficient (Wildman–Crippen LogP) is 0.600. The summed E-state index contributed by atoms with van der Waals surface area (Å²) in [5, 5.41) is 0. The van der Waals surface area contributed by atoms with Crippen LogP contribution in [0.1, 0.15) is 0 Å². The molecule has 0 spiro atoms. The van der Waals surface area contributed by atoms with Crippen molar-refractivity contribution in [3.8, 4) is 5.75 Å². The molecule has 0 bridgehead atoms. The van der Waals surface area contributed by atoms with Crippen molar-refractivity contribution in [3.05, 3.63) is 30.7 Å². The third-order valence-electron chi connectivity index (χ3n) is 2.48. The monoisotopic (exact) mass is 186 g/mol. The maximum Gasteiger partial charge on any atom is 0.417 e. The second-order valence-corrected chi connectivity index (χ2v) is 3.36. The number of hydrogen-bond donors (Lipinski definition) is 0. The molecule has 3 heterocycles. The quantitative estimate of drug-likeness (QED) is 0.554. The molecule has 0 fully saturated rings. The topological polar surface area (TPSA) is 28.6 Å². The third-order valence-corrected chi connectivity index (χ3v) is 2.48. The highest BCUT2D eigenvalue weighted by molar-refractivity contribution is 6.33. The van der Waals surface area contributed by atoms with Crippen molar-refractivity contribution in [1.29, 1.82) is 0 Å². The molecule has 0 saturated heterocycles. The standard InChI is InChI=1S/C9H9BN3O/c1-12-5-6-13-8-7(3-2-4-11-8)14-10-9(12)13/h2-6,9H,1H3. The molecule has 4 nitrogen and oxygen atoms in total. The molecule has 0 aliphatic carbocycles. The van der Waals surface area contributed by atoms with Gasteiger partial charge in [-0.1, -0.05) is 0 Å². The zero-order chi connectivity index (χ0) is 9.54. The maximum atomic E-state index is 5.50. The summed E-state index contributed by atoms with van der Waals surface area (Å²) >= 11 is 0. The summed E-state index contributed by atoms with van der Waals surface area (Å²) in [6.45, 7) is 0. The Bertz CT molecular complexity index is 395. The highest BCUT2D eigenvalue weighted by Crippen LogP contribution is 2.33. The Morgan fingerprint density at radius 3 is 3.36 bits per heavy atom. The molecular weight excluding hydrogens is 177 g/mol. The van der Waals surface area contributed by atoms with Crippen LogP contribution in [0.25, 0.3) is 0 Å². The van der Waals surface area contributed by atoms with Crippen LogP contribution in [-0.2, 0) is 0 Å². The van der Waals surface area contributed by atoms with Gasteiger partial charge in [0.05, 0.1) is 0 Å². The third kappa shape index (κ3) is 0.922. The second kappa shape index (κ2) is 2.67. The molecule has 3 rings (SSSR count). The maximum absolute atomic E-state index is 5.50. The van der Waals surface area contributed by atoms with Crippen LogP contribution >= 0.6 is 0 Å². The van der Waals surface area contributed by atoms with Gasteiger partial charge in [0.15, 0.2) is 5.82 Å². The molecule has 0 saturated carbocycles. The zero-order valence-corrected chi connectivity index (χ0v) is 7.79. The van der Waals surface area contributed by atoms with Gasteiger partial charge in [-0.25, -0.2) is 4.98 Å². The molecule has 0 amide bonds. The van der Waals surface area contributed by atoms with Crippen LogP contribution in [0.5, 0.6) is 5.75 Å². The molecule has 0 N–H and O–H groups in total. The van der Waals surface area contributed by atoms with Crippen molar-refractivity contribution in [2.24, 2.45) is 0 Å². The van der Waals surface area contributed by atoms with Crippen molar-refractivity contribution < 1.29 is 4.65 Å². The lowest BCUT2D eigenvalue weighted by Crippen LogP contribution is -2.47. The van der Waals surface area contributed by atoms with E-state index >= 15 is 0 Å². The molecule has 2 aliphatic rings. The van der Waals surface area contributed by atoms with E-state index in [9.17, 15) is 0 Å². The van der Waals surface area contributed by atoms with Crippen molar-refractivity contribution in [2.75, 3.05) is 11.9 Å². The minimum atomic E-state index is 0.136. The molecule has 2 aliphatic heterocycles. The normalized spacial score (nSPS) is 22.5. The molecule has 0 aromatic carbocycles. The Hall–Kier alpha value is -1.65. The van der Waals surface area contributed by atoms with Gasteiger partial charge in [0.25, 0.3) is 0 Å². The summed E-state index contributed by atoms with van der Waals surface area (Å²) in [4.78, 5) is 8.45. The van der Waals surface area contributed by atoms with Crippen molar-refractivity contribution >= 4 is 13.3 Å². The van der Waals surface area contributed by atoms with Gasteiger partial charge in [-0.05, 0) is 12.1 Å². The van der Waals surface area contributed by atoms with E-state index in [0.717, 1.165) is 11.6 Å². The van der Waals surface area contributed by atoms with Crippen LogP contribution < -0.4 is 9.55 Å². The van der Waals surface area contributed by atoms with Crippen molar-refractivity contribution in [3.63, 3.8) is 0 Å². The van der Waals surface area contributed by atoms with Crippen LogP contribution in [0.4, 0.5) is 5.82 Å². The Balaban J connectivity index is 2.07. The van der Waals surface area contributed by atoms with Crippen molar-refractivity contribution in [2.45, 2.75) is 6.07 Å². The molecular formula is C9H9BN3O. The summed E-state index contributed by atoms with van der Waals surface area (Å²) in [7, 11) is 3.82. The number of nitrogens with zero attached hydrogens (tertiary/aromatic N) is 3. The second-order valence-electron chi connectivity index (χ2n) is 3.36. The lowest BCUT2D eigenvalue weighted by Gasteiger charge is -2.33. The SMILES string of the molecule is CN1C=CN2c3ncccc3O[B]C12. The Kier molecular flexibility index (Phi) is 1.47. The van der Waals surface area contributed by atoms with E-state index in [-0.39, 0.29) is 6.07 Å². The van der Waals surface area contributed by atoms with E-state index in [4.69, 9.17) is 4.65 Å². The Morgan fingerprint density at radius 2 is 2.43 bits per heavy atom. The van der Waals surface area contributed by atoms with E-state index < -0.39 is 0 Å². The van der Waals surface area contributed by atoms with Gasteiger partial charge >= 0.3 is 7.48 Å². The summed E-state index contributed by atoms with van der Waals surface area (Å²) in [5.41, 5.74) is 0. The van der Waals surface area contributed by atoms with Gasteiger partial charge < -0.3 is 14.5 Å². The minimum absolute atomic E-state index is 0.136. The molecule has 5 heteroatoms. The number of pyridine rings is 1. The Labute approximate surface area is 83.1 Å². The number of fused-ring (bicyclic) bond motifs is 3. The van der Waals surface area contributed by atoms with Crippen LogP contribution in [0, 0.1) is 0 Å². The van der Waals surface area contributed by atoms with Crippen LogP contribution in [0.3, 0.4) is 0 Å². The van der Waals surface area contributed by atoms with Gasteiger partial charge in [-0.15, -0.1) is 0 Å². The van der Waals surface area contributed by atoms with Crippen molar-refractivity contribution in [1.82, 2.24) is 9.88 Å². The van der Waals surface area contributed by atoms with Gasteiger partial charge in [0.1, 0.15) is 11.8 Å². The van der Waals surface area contributed by atoms with Crippen LogP contribution in [-0.4, -0.2) is 30.5 Å². The molecule has 1 radical (unpaired) electrons. The number of anilines is 1. The summed E-state index contributed by atoms with van der Waals surface area (Å²) in [6, 6.07) is 3.93. The molecule has 1 aromatic rings. The van der Waals surface area contributed by atoms with E-state index in [1.165, 1.54) is 0 Å². The molecule has 1 unspecified atom stereocenters. The number of aromatic nitrogens is 1. The average Bonchev–Trinajstić information content (AvgIpc) is 2.61. The molecule has 14 heavy (non-hydrogen) atoms. The highest BCUT2D eigenvalue weighted by Gasteiger charge is 2.34. The minimum Gasteiger partial charge on any atom is -0.556 e. The lowest BCUT2D eigenvalue weighted by atomic mass is 9.91. The fourth-order valence-electron chi connectivity index (χ4n) is 1.71. The highest BCUT2D eigenvalue weighted by atomic mass is 16.4.